The number of anilines is 1. The van der Waals surface area contributed by atoms with Gasteiger partial charge in [0.15, 0.2) is 11.5 Å². The number of benzene rings is 1. The lowest BCUT2D eigenvalue weighted by Crippen LogP contribution is -2.44. The summed E-state index contributed by atoms with van der Waals surface area (Å²) in [7, 11) is 0. The van der Waals surface area contributed by atoms with E-state index in [0.29, 0.717) is 11.3 Å². The fraction of sp³-hybridized carbons (Fsp3) is 0.455. The summed E-state index contributed by atoms with van der Waals surface area (Å²) in [5.74, 6) is 1.38. The Bertz CT molecular complexity index is 947. The fourth-order valence-corrected chi connectivity index (χ4v) is 4.39. The lowest BCUT2D eigenvalue weighted by molar-refractivity contribution is 0.0888. The first-order valence-electron chi connectivity index (χ1n) is 10.6. The number of ether oxygens (including phenoxy) is 1. The van der Waals surface area contributed by atoms with Crippen LogP contribution in [0.4, 0.5) is 5.82 Å². The topological polar surface area (TPSA) is 103 Å². The Labute approximate surface area is 190 Å². The second-order valence-electron chi connectivity index (χ2n) is 7.83. The third-order valence-corrected chi connectivity index (χ3v) is 6.35. The third-order valence-electron chi connectivity index (χ3n) is 5.70. The molecule has 2 N–H and O–H groups in total. The molecule has 9 heteroatoms. The molecule has 1 saturated carbocycles. The number of carbonyl (C=O) groups excluding carboxylic acids is 1. The van der Waals surface area contributed by atoms with Gasteiger partial charge in [-0.1, -0.05) is 0 Å². The zero-order valence-corrected chi connectivity index (χ0v) is 18.8. The van der Waals surface area contributed by atoms with Crippen molar-refractivity contribution in [3.63, 3.8) is 0 Å². The Morgan fingerprint density at radius 3 is 2.58 bits per heavy atom. The van der Waals surface area contributed by atoms with Crippen LogP contribution in [-0.2, 0) is 0 Å². The van der Waals surface area contributed by atoms with Crippen molar-refractivity contribution >= 4 is 27.7 Å². The van der Waals surface area contributed by atoms with E-state index in [1.807, 2.05) is 18.2 Å². The SMILES string of the molecule is N#Cc1ccc(O[C@H]2CC[C@H](NC(=O)c3ccc(N4CCNCC4)nn3)CC2)cc1Br. The van der Waals surface area contributed by atoms with Crippen LogP contribution >= 0.6 is 15.9 Å². The largest absolute Gasteiger partial charge is 0.490 e. The molecule has 2 aromatic rings. The molecular weight excluding hydrogens is 460 g/mol. The minimum absolute atomic E-state index is 0.103. The number of halogens is 1. The van der Waals surface area contributed by atoms with E-state index in [4.69, 9.17) is 10.00 Å². The molecule has 0 radical (unpaired) electrons. The van der Waals surface area contributed by atoms with Crippen LogP contribution in [0.15, 0.2) is 34.8 Å². The second kappa shape index (κ2) is 10.1. The van der Waals surface area contributed by atoms with Crippen molar-refractivity contribution in [1.82, 2.24) is 20.8 Å². The van der Waals surface area contributed by atoms with E-state index in [-0.39, 0.29) is 18.1 Å². The maximum absolute atomic E-state index is 12.6. The summed E-state index contributed by atoms with van der Waals surface area (Å²) >= 11 is 3.39. The molecule has 2 heterocycles. The molecule has 4 rings (SSSR count). The van der Waals surface area contributed by atoms with Crippen molar-refractivity contribution in [2.75, 3.05) is 31.1 Å². The van der Waals surface area contributed by atoms with Crippen LogP contribution in [0.2, 0.25) is 0 Å². The average Bonchev–Trinajstić information content (AvgIpc) is 2.81. The van der Waals surface area contributed by atoms with E-state index >= 15 is 0 Å². The monoisotopic (exact) mass is 484 g/mol. The number of carbonyl (C=O) groups is 1. The highest BCUT2D eigenvalue weighted by Gasteiger charge is 2.25. The molecule has 0 unspecified atom stereocenters. The number of nitrogens with one attached hydrogen (secondary N) is 2. The van der Waals surface area contributed by atoms with Crippen LogP contribution in [0.1, 0.15) is 41.7 Å². The highest BCUT2D eigenvalue weighted by atomic mass is 79.9. The smallest absolute Gasteiger partial charge is 0.272 e. The average molecular weight is 485 g/mol. The highest BCUT2D eigenvalue weighted by molar-refractivity contribution is 9.10. The summed E-state index contributed by atoms with van der Waals surface area (Å²) < 4.78 is 6.79. The molecule has 0 bridgehead atoms. The summed E-state index contributed by atoms with van der Waals surface area (Å²) in [5, 5.41) is 23.8. The molecule has 1 amide bonds. The van der Waals surface area contributed by atoms with Gasteiger partial charge >= 0.3 is 0 Å². The number of rotatable bonds is 5. The molecule has 1 aromatic heterocycles. The summed E-state index contributed by atoms with van der Waals surface area (Å²) in [5.41, 5.74) is 0.933. The van der Waals surface area contributed by atoms with Crippen LogP contribution in [0.5, 0.6) is 5.75 Å². The zero-order valence-electron chi connectivity index (χ0n) is 17.2. The predicted molar refractivity (Wildman–Crippen MR) is 120 cm³/mol. The Balaban J connectivity index is 1.25. The number of piperazine rings is 1. The first-order chi connectivity index (χ1) is 15.1. The molecule has 2 fully saturated rings. The van der Waals surface area contributed by atoms with Gasteiger partial charge in [0.25, 0.3) is 5.91 Å². The first-order valence-corrected chi connectivity index (χ1v) is 11.4. The van der Waals surface area contributed by atoms with Crippen LogP contribution in [0.25, 0.3) is 0 Å². The van der Waals surface area contributed by atoms with Crippen LogP contribution in [0.3, 0.4) is 0 Å². The van der Waals surface area contributed by atoms with E-state index in [9.17, 15) is 4.79 Å². The maximum atomic E-state index is 12.6. The molecule has 1 saturated heterocycles. The van der Waals surface area contributed by atoms with Gasteiger partial charge in [-0.3, -0.25) is 4.79 Å². The lowest BCUT2D eigenvalue weighted by Gasteiger charge is -2.29. The van der Waals surface area contributed by atoms with Crippen molar-refractivity contribution in [3.8, 4) is 11.8 Å². The van der Waals surface area contributed by atoms with Gasteiger partial charge in [-0.05, 0) is 71.9 Å². The summed E-state index contributed by atoms with van der Waals surface area (Å²) in [6.45, 7) is 3.65. The van der Waals surface area contributed by atoms with E-state index in [2.05, 4.69) is 47.7 Å². The zero-order chi connectivity index (χ0) is 21.6. The van der Waals surface area contributed by atoms with Crippen LogP contribution in [0, 0.1) is 11.3 Å². The minimum atomic E-state index is -0.181. The molecule has 8 nitrogen and oxygen atoms in total. The van der Waals surface area contributed by atoms with Gasteiger partial charge in [0.1, 0.15) is 11.8 Å². The van der Waals surface area contributed by atoms with Gasteiger partial charge in [-0.2, -0.15) is 5.26 Å². The van der Waals surface area contributed by atoms with Gasteiger partial charge in [-0.15, -0.1) is 10.2 Å². The van der Waals surface area contributed by atoms with Crippen LogP contribution < -0.4 is 20.3 Å². The molecule has 1 aliphatic heterocycles. The van der Waals surface area contributed by atoms with Crippen molar-refractivity contribution in [1.29, 1.82) is 5.26 Å². The highest BCUT2D eigenvalue weighted by Crippen LogP contribution is 2.27. The first kappa shape index (κ1) is 21.5. The molecule has 0 atom stereocenters. The number of hydrogen-bond donors (Lipinski definition) is 2. The van der Waals surface area contributed by atoms with Crippen molar-refractivity contribution in [3.05, 3.63) is 46.1 Å². The number of aromatic nitrogens is 2. The Morgan fingerprint density at radius 1 is 1.16 bits per heavy atom. The molecule has 1 aliphatic carbocycles. The van der Waals surface area contributed by atoms with Crippen molar-refractivity contribution in [2.24, 2.45) is 0 Å². The van der Waals surface area contributed by atoms with E-state index in [0.717, 1.165) is 67.9 Å². The summed E-state index contributed by atoms with van der Waals surface area (Å²) in [4.78, 5) is 14.7. The van der Waals surface area contributed by atoms with Crippen molar-refractivity contribution < 1.29 is 9.53 Å². The number of nitriles is 1. The quantitative estimate of drug-likeness (QED) is 0.671. The van der Waals surface area contributed by atoms with Gasteiger partial charge in [0, 0.05) is 36.7 Å². The van der Waals surface area contributed by atoms with Gasteiger partial charge in [0.2, 0.25) is 0 Å². The Kier molecular flexibility index (Phi) is 6.99. The van der Waals surface area contributed by atoms with Gasteiger partial charge in [0.05, 0.1) is 11.7 Å². The maximum Gasteiger partial charge on any atom is 0.272 e. The number of amides is 1. The summed E-state index contributed by atoms with van der Waals surface area (Å²) in [6.07, 6.45) is 3.51. The van der Waals surface area contributed by atoms with Crippen LogP contribution in [-0.4, -0.2) is 54.4 Å². The molecule has 0 spiro atoms. The standard InChI is InChI=1S/C22H25BrN6O2/c23-19-13-18(4-1-15(19)14-24)31-17-5-2-16(3-6-17)26-22(30)20-7-8-21(28-27-20)29-11-9-25-10-12-29/h1,4,7-8,13,16-17,25H,2-3,5-6,9-12H2,(H,26,30)/t16-,17-. The number of hydrogen-bond acceptors (Lipinski definition) is 7. The van der Waals surface area contributed by atoms with Gasteiger partial charge in [-0.25, -0.2) is 0 Å². The summed E-state index contributed by atoms with van der Waals surface area (Å²) in [6, 6.07) is 11.2. The Hall–Kier alpha value is -2.70. The fourth-order valence-electron chi connectivity index (χ4n) is 3.95. The van der Waals surface area contributed by atoms with Crippen molar-refractivity contribution in [2.45, 2.75) is 37.8 Å². The van der Waals surface area contributed by atoms with E-state index in [1.54, 1.807) is 12.1 Å². The molecule has 162 valence electrons. The number of nitrogens with zero attached hydrogens (tertiary/aromatic N) is 4. The molecular formula is C22H25BrN6O2. The van der Waals surface area contributed by atoms with Gasteiger partial charge < -0.3 is 20.3 Å². The second-order valence-corrected chi connectivity index (χ2v) is 8.69. The van der Waals surface area contributed by atoms with E-state index < -0.39 is 0 Å². The van der Waals surface area contributed by atoms with E-state index in [1.165, 1.54) is 0 Å². The molecule has 31 heavy (non-hydrogen) atoms. The lowest BCUT2D eigenvalue weighted by atomic mass is 9.93. The molecule has 1 aromatic carbocycles. The third kappa shape index (κ3) is 5.51. The minimum Gasteiger partial charge on any atom is -0.490 e. The normalized spacial score (nSPS) is 21.2. The predicted octanol–water partition coefficient (Wildman–Crippen LogP) is 2.64. The Morgan fingerprint density at radius 2 is 1.94 bits per heavy atom. The molecule has 2 aliphatic rings.